The second kappa shape index (κ2) is 8.58. The monoisotopic (exact) mass is 372 g/mol. The number of anilines is 1. The molecule has 0 N–H and O–H groups in total. The zero-order valence-electron chi connectivity index (χ0n) is 16.4. The molecule has 4 heteroatoms. The van der Waals surface area contributed by atoms with Gasteiger partial charge < -0.3 is 9.64 Å². The number of rotatable bonds is 6. The number of ether oxygens (including phenoxy) is 1. The summed E-state index contributed by atoms with van der Waals surface area (Å²) in [6.07, 6.45) is 0. The molecule has 0 aliphatic rings. The Labute approximate surface area is 166 Å². The molecule has 0 aliphatic carbocycles. The van der Waals surface area contributed by atoms with E-state index in [9.17, 15) is 10.1 Å². The lowest BCUT2D eigenvalue weighted by molar-refractivity contribution is -0.146. The highest BCUT2D eigenvalue weighted by Gasteiger charge is 2.33. The third kappa shape index (κ3) is 3.84. The fourth-order valence-corrected chi connectivity index (χ4v) is 3.55. The van der Waals surface area contributed by atoms with Crippen LogP contribution in [0, 0.1) is 17.2 Å². The molecular formula is C24H24N2O2. The highest BCUT2D eigenvalue weighted by molar-refractivity contribution is 5.88. The van der Waals surface area contributed by atoms with E-state index in [1.807, 2.05) is 85.7 Å². The van der Waals surface area contributed by atoms with Crippen LogP contribution in [0.5, 0.6) is 0 Å². The van der Waals surface area contributed by atoms with Crippen molar-refractivity contribution in [1.29, 1.82) is 5.26 Å². The molecule has 0 amide bonds. The summed E-state index contributed by atoms with van der Waals surface area (Å²) in [6, 6.07) is 24.2. The molecule has 3 aromatic carbocycles. The van der Waals surface area contributed by atoms with Gasteiger partial charge in [0.1, 0.15) is 0 Å². The van der Waals surface area contributed by atoms with Gasteiger partial charge in [0.2, 0.25) is 0 Å². The van der Waals surface area contributed by atoms with E-state index in [1.54, 1.807) is 6.92 Å². The molecule has 0 fully saturated rings. The van der Waals surface area contributed by atoms with Gasteiger partial charge in [-0.05, 0) is 41.0 Å². The molecule has 0 spiro atoms. The first-order valence-corrected chi connectivity index (χ1v) is 9.38. The van der Waals surface area contributed by atoms with Crippen molar-refractivity contribution in [3.05, 3.63) is 77.9 Å². The summed E-state index contributed by atoms with van der Waals surface area (Å²) in [5, 5.41) is 12.0. The van der Waals surface area contributed by atoms with Crippen molar-refractivity contribution in [3.63, 3.8) is 0 Å². The van der Waals surface area contributed by atoms with Crippen molar-refractivity contribution < 1.29 is 9.53 Å². The van der Waals surface area contributed by atoms with Crippen molar-refractivity contribution >= 4 is 22.4 Å². The van der Waals surface area contributed by atoms with Gasteiger partial charge >= 0.3 is 5.97 Å². The first-order chi connectivity index (χ1) is 13.6. The smallest absolute Gasteiger partial charge is 0.324 e. The summed E-state index contributed by atoms with van der Waals surface area (Å²) >= 11 is 0. The van der Waals surface area contributed by atoms with E-state index in [2.05, 4.69) is 6.07 Å². The van der Waals surface area contributed by atoms with Gasteiger partial charge in [0.25, 0.3) is 0 Å². The van der Waals surface area contributed by atoms with Crippen LogP contribution in [-0.4, -0.2) is 26.7 Å². The number of hydrogen-bond acceptors (Lipinski definition) is 4. The number of esters is 1. The van der Waals surface area contributed by atoms with Crippen molar-refractivity contribution in [2.45, 2.75) is 12.8 Å². The number of fused-ring (bicyclic) bond motifs is 1. The summed E-state index contributed by atoms with van der Waals surface area (Å²) in [7, 11) is 3.96. The van der Waals surface area contributed by atoms with Crippen LogP contribution < -0.4 is 4.90 Å². The Morgan fingerprint density at radius 2 is 1.71 bits per heavy atom. The molecule has 2 atom stereocenters. The summed E-state index contributed by atoms with van der Waals surface area (Å²) in [6.45, 7) is 2.00. The lowest BCUT2D eigenvalue weighted by Crippen LogP contribution is -2.24. The number of carbonyl (C=O) groups excluding carboxylic acids is 1. The predicted molar refractivity (Wildman–Crippen MR) is 112 cm³/mol. The van der Waals surface area contributed by atoms with E-state index >= 15 is 0 Å². The van der Waals surface area contributed by atoms with Crippen molar-refractivity contribution in [2.24, 2.45) is 5.92 Å². The molecule has 0 saturated carbocycles. The number of nitriles is 1. The van der Waals surface area contributed by atoms with Crippen LogP contribution in [-0.2, 0) is 9.53 Å². The van der Waals surface area contributed by atoms with E-state index in [1.165, 1.54) is 0 Å². The molecule has 0 aliphatic heterocycles. The quantitative estimate of drug-likeness (QED) is 0.587. The molecule has 0 aromatic heterocycles. The fraction of sp³-hybridized carbons (Fsp3) is 0.250. The Bertz CT molecular complexity index is 998. The molecule has 2 unspecified atom stereocenters. The number of carbonyl (C=O) groups is 1. The summed E-state index contributed by atoms with van der Waals surface area (Å²) in [5.74, 6) is -1.82. The number of benzene rings is 3. The number of hydrogen-bond donors (Lipinski definition) is 0. The van der Waals surface area contributed by atoms with Gasteiger partial charge in [-0.25, -0.2) is 0 Å². The minimum absolute atomic E-state index is 0.249. The standard InChI is InChI=1S/C24H24N2O2/c1-4-28-24(27)22(16-25)23(18-12-14-19(15-13-18)26(2)3)21-11-7-9-17-8-5-6-10-20(17)21/h5-15,22-23H,4H2,1-3H3. The highest BCUT2D eigenvalue weighted by Crippen LogP contribution is 2.37. The Balaban J connectivity index is 2.19. The summed E-state index contributed by atoms with van der Waals surface area (Å²) in [4.78, 5) is 14.6. The Hall–Kier alpha value is -3.32. The van der Waals surface area contributed by atoms with Crippen LogP contribution in [0.3, 0.4) is 0 Å². The molecule has 3 aromatic rings. The zero-order chi connectivity index (χ0) is 20.1. The van der Waals surface area contributed by atoms with Gasteiger partial charge in [-0.2, -0.15) is 5.26 Å². The van der Waals surface area contributed by atoms with Gasteiger partial charge in [-0.3, -0.25) is 4.79 Å². The molecule has 142 valence electrons. The molecule has 0 heterocycles. The maximum absolute atomic E-state index is 12.6. The molecule has 0 bridgehead atoms. The van der Waals surface area contributed by atoms with E-state index < -0.39 is 17.8 Å². The van der Waals surface area contributed by atoms with Gasteiger partial charge in [-0.15, -0.1) is 0 Å². The SMILES string of the molecule is CCOC(=O)C(C#N)C(c1ccc(N(C)C)cc1)c1cccc2ccccc12. The van der Waals surface area contributed by atoms with Gasteiger partial charge in [0.15, 0.2) is 5.92 Å². The fourth-order valence-electron chi connectivity index (χ4n) is 3.55. The molecule has 0 saturated heterocycles. The van der Waals surface area contributed by atoms with Crippen molar-refractivity contribution in [1.82, 2.24) is 0 Å². The molecule has 3 rings (SSSR count). The molecule has 4 nitrogen and oxygen atoms in total. The van der Waals surface area contributed by atoms with Crippen molar-refractivity contribution in [2.75, 3.05) is 25.6 Å². The predicted octanol–water partition coefficient (Wildman–Crippen LogP) is 4.74. The molecule has 28 heavy (non-hydrogen) atoms. The van der Waals surface area contributed by atoms with E-state index in [0.717, 1.165) is 27.6 Å². The van der Waals surface area contributed by atoms with Crippen LogP contribution in [0.15, 0.2) is 66.7 Å². The normalized spacial score (nSPS) is 12.8. The zero-order valence-corrected chi connectivity index (χ0v) is 16.4. The third-order valence-corrected chi connectivity index (χ3v) is 4.94. The maximum Gasteiger partial charge on any atom is 0.324 e. The minimum atomic E-state index is -0.920. The largest absolute Gasteiger partial charge is 0.465 e. The maximum atomic E-state index is 12.6. The summed E-state index contributed by atoms with van der Waals surface area (Å²) in [5.41, 5.74) is 2.93. The second-order valence-corrected chi connectivity index (χ2v) is 6.89. The highest BCUT2D eigenvalue weighted by atomic mass is 16.5. The van der Waals surface area contributed by atoms with Crippen LogP contribution in [0.2, 0.25) is 0 Å². The van der Waals surface area contributed by atoms with Crippen LogP contribution in [0.4, 0.5) is 5.69 Å². The first kappa shape index (κ1) is 19.4. The first-order valence-electron chi connectivity index (χ1n) is 9.38. The van der Waals surface area contributed by atoms with E-state index in [-0.39, 0.29) is 6.61 Å². The topological polar surface area (TPSA) is 53.3 Å². The van der Waals surface area contributed by atoms with Crippen LogP contribution in [0.1, 0.15) is 24.0 Å². The van der Waals surface area contributed by atoms with Crippen LogP contribution >= 0.6 is 0 Å². The van der Waals surface area contributed by atoms with Gasteiger partial charge in [-0.1, -0.05) is 54.6 Å². The Morgan fingerprint density at radius 1 is 1.04 bits per heavy atom. The second-order valence-electron chi connectivity index (χ2n) is 6.89. The average molecular weight is 372 g/mol. The lowest BCUT2D eigenvalue weighted by atomic mass is 9.79. The van der Waals surface area contributed by atoms with Gasteiger partial charge in [0, 0.05) is 25.7 Å². The van der Waals surface area contributed by atoms with Gasteiger partial charge in [0.05, 0.1) is 12.7 Å². The van der Waals surface area contributed by atoms with Crippen molar-refractivity contribution in [3.8, 4) is 6.07 Å². The van der Waals surface area contributed by atoms with E-state index in [0.29, 0.717) is 0 Å². The van der Waals surface area contributed by atoms with E-state index in [4.69, 9.17) is 4.74 Å². The molecular weight excluding hydrogens is 348 g/mol. The minimum Gasteiger partial charge on any atom is -0.465 e. The molecule has 0 radical (unpaired) electrons. The van der Waals surface area contributed by atoms with Crippen LogP contribution in [0.25, 0.3) is 10.8 Å². The lowest BCUT2D eigenvalue weighted by Gasteiger charge is -2.24. The third-order valence-electron chi connectivity index (χ3n) is 4.94. The summed E-state index contributed by atoms with van der Waals surface area (Å²) < 4.78 is 5.22. The average Bonchev–Trinajstić information content (AvgIpc) is 2.72. The Morgan fingerprint density at radius 3 is 2.36 bits per heavy atom. The Kier molecular flexibility index (Phi) is 5.96. The number of nitrogens with zero attached hydrogens (tertiary/aromatic N) is 2.